The molecule has 2 aliphatic rings. The quantitative estimate of drug-likeness (QED) is 0.807. The van der Waals surface area contributed by atoms with Crippen LogP contribution in [-0.2, 0) is 6.54 Å². The van der Waals surface area contributed by atoms with Gasteiger partial charge in [-0.05, 0) is 12.8 Å². The third kappa shape index (κ3) is 2.13. The van der Waals surface area contributed by atoms with E-state index in [0.717, 1.165) is 12.2 Å². The molecule has 0 spiro atoms. The van der Waals surface area contributed by atoms with Crippen LogP contribution in [0.1, 0.15) is 42.3 Å². The Labute approximate surface area is 99.5 Å². The van der Waals surface area contributed by atoms with Gasteiger partial charge in [0.25, 0.3) is 0 Å². The Kier molecular flexibility index (Phi) is 2.94. The summed E-state index contributed by atoms with van der Waals surface area (Å²) in [6.45, 7) is 2.02. The molecule has 1 saturated carbocycles. The Morgan fingerprint density at radius 2 is 2.12 bits per heavy atom. The first-order valence-electron chi connectivity index (χ1n) is 6.12. The van der Waals surface area contributed by atoms with Gasteiger partial charge in [0.2, 0.25) is 0 Å². The second-order valence-corrected chi connectivity index (χ2v) is 5.84. The van der Waals surface area contributed by atoms with Crippen LogP contribution in [0.3, 0.4) is 0 Å². The summed E-state index contributed by atoms with van der Waals surface area (Å²) < 4.78 is 12.7. The van der Waals surface area contributed by atoms with Crippen molar-refractivity contribution in [1.29, 1.82) is 0 Å². The molecule has 1 aromatic heterocycles. The summed E-state index contributed by atoms with van der Waals surface area (Å²) in [6, 6.07) is 0. The standard InChI is InChI=1S/C12H17FN2S/c13-10-5-15(6-10)7-11-8-16-12(14-11)9-3-1-2-4-9/h8-10H,1-7H2. The van der Waals surface area contributed by atoms with Crippen molar-refractivity contribution in [3.05, 3.63) is 16.1 Å². The zero-order chi connectivity index (χ0) is 11.0. The van der Waals surface area contributed by atoms with Crippen molar-refractivity contribution in [2.24, 2.45) is 0 Å². The van der Waals surface area contributed by atoms with E-state index in [1.165, 1.54) is 30.7 Å². The summed E-state index contributed by atoms with van der Waals surface area (Å²) in [6.07, 6.45) is 4.73. The van der Waals surface area contributed by atoms with Gasteiger partial charge in [-0.15, -0.1) is 11.3 Å². The van der Waals surface area contributed by atoms with Gasteiger partial charge in [-0.2, -0.15) is 0 Å². The molecule has 0 radical (unpaired) electrons. The number of likely N-dealkylation sites (tertiary alicyclic amines) is 1. The molecule has 0 amide bonds. The van der Waals surface area contributed by atoms with Crippen LogP contribution in [0.2, 0.25) is 0 Å². The lowest BCUT2D eigenvalue weighted by Gasteiger charge is -2.33. The van der Waals surface area contributed by atoms with Gasteiger partial charge < -0.3 is 0 Å². The minimum Gasteiger partial charge on any atom is -0.292 e. The maximum absolute atomic E-state index is 12.7. The van der Waals surface area contributed by atoms with Crippen molar-refractivity contribution < 1.29 is 4.39 Å². The normalized spacial score (nSPS) is 23.8. The van der Waals surface area contributed by atoms with Crippen LogP contribution >= 0.6 is 11.3 Å². The molecule has 2 fully saturated rings. The van der Waals surface area contributed by atoms with Crippen molar-refractivity contribution in [2.75, 3.05) is 13.1 Å². The lowest BCUT2D eigenvalue weighted by Crippen LogP contribution is -2.47. The number of hydrogen-bond acceptors (Lipinski definition) is 3. The van der Waals surface area contributed by atoms with Crippen LogP contribution in [0.25, 0.3) is 0 Å². The molecule has 4 heteroatoms. The molecule has 0 N–H and O–H groups in total. The van der Waals surface area contributed by atoms with Crippen molar-refractivity contribution in [3.63, 3.8) is 0 Å². The van der Waals surface area contributed by atoms with Crippen LogP contribution in [0, 0.1) is 0 Å². The van der Waals surface area contributed by atoms with Gasteiger partial charge in [0.15, 0.2) is 0 Å². The summed E-state index contributed by atoms with van der Waals surface area (Å²) >= 11 is 1.79. The number of nitrogens with zero attached hydrogens (tertiary/aromatic N) is 2. The van der Waals surface area contributed by atoms with E-state index in [1.807, 2.05) is 0 Å². The summed E-state index contributed by atoms with van der Waals surface area (Å²) in [5.41, 5.74) is 1.14. The van der Waals surface area contributed by atoms with Crippen LogP contribution < -0.4 is 0 Å². The average Bonchev–Trinajstić information content (AvgIpc) is 2.84. The van der Waals surface area contributed by atoms with Crippen molar-refractivity contribution >= 4 is 11.3 Å². The Bertz CT molecular complexity index is 354. The number of thiazole rings is 1. The number of hydrogen-bond donors (Lipinski definition) is 0. The third-order valence-electron chi connectivity index (χ3n) is 3.57. The van der Waals surface area contributed by atoms with Crippen molar-refractivity contribution in [1.82, 2.24) is 9.88 Å². The molecule has 2 heterocycles. The number of rotatable bonds is 3. The maximum Gasteiger partial charge on any atom is 0.125 e. The summed E-state index contributed by atoms with van der Waals surface area (Å²) in [4.78, 5) is 6.82. The van der Waals surface area contributed by atoms with E-state index in [9.17, 15) is 4.39 Å². The second kappa shape index (κ2) is 4.41. The number of aromatic nitrogens is 1. The van der Waals surface area contributed by atoms with Crippen LogP contribution in [0.15, 0.2) is 5.38 Å². The van der Waals surface area contributed by atoms with Gasteiger partial charge in [-0.3, -0.25) is 4.90 Å². The van der Waals surface area contributed by atoms with Crippen LogP contribution in [0.4, 0.5) is 4.39 Å². The number of halogens is 1. The molecule has 88 valence electrons. The minimum absolute atomic E-state index is 0.594. The molecule has 1 aliphatic carbocycles. The van der Waals surface area contributed by atoms with Gasteiger partial charge in [0.1, 0.15) is 6.17 Å². The Hall–Kier alpha value is -0.480. The fourth-order valence-electron chi connectivity index (χ4n) is 2.62. The topological polar surface area (TPSA) is 16.1 Å². The predicted octanol–water partition coefficient (Wildman–Crippen LogP) is 2.95. The third-order valence-corrected chi connectivity index (χ3v) is 4.63. The van der Waals surface area contributed by atoms with Gasteiger partial charge in [0.05, 0.1) is 10.7 Å². The fourth-order valence-corrected chi connectivity index (χ4v) is 3.60. The molecule has 16 heavy (non-hydrogen) atoms. The van der Waals surface area contributed by atoms with E-state index < -0.39 is 6.17 Å². The Morgan fingerprint density at radius 3 is 2.81 bits per heavy atom. The predicted molar refractivity (Wildman–Crippen MR) is 63.5 cm³/mol. The lowest BCUT2D eigenvalue weighted by molar-refractivity contribution is 0.0582. The second-order valence-electron chi connectivity index (χ2n) is 4.95. The van der Waals surface area contributed by atoms with E-state index in [0.29, 0.717) is 19.0 Å². The van der Waals surface area contributed by atoms with E-state index in [-0.39, 0.29) is 0 Å². The monoisotopic (exact) mass is 240 g/mol. The first kappa shape index (κ1) is 10.7. The maximum atomic E-state index is 12.7. The highest BCUT2D eigenvalue weighted by molar-refractivity contribution is 7.09. The SMILES string of the molecule is FC1CN(Cc2csc(C3CCCC3)n2)C1. The highest BCUT2D eigenvalue weighted by atomic mass is 32.1. The fraction of sp³-hybridized carbons (Fsp3) is 0.750. The molecule has 0 aromatic carbocycles. The van der Waals surface area contributed by atoms with Crippen molar-refractivity contribution in [2.45, 2.75) is 44.3 Å². The highest BCUT2D eigenvalue weighted by Crippen LogP contribution is 2.35. The Morgan fingerprint density at radius 1 is 1.38 bits per heavy atom. The van der Waals surface area contributed by atoms with Gasteiger partial charge in [0, 0.05) is 30.9 Å². The molecule has 1 aromatic rings. The number of alkyl halides is 1. The molecular formula is C12H17FN2S. The van der Waals surface area contributed by atoms with Gasteiger partial charge >= 0.3 is 0 Å². The molecule has 0 atom stereocenters. The lowest BCUT2D eigenvalue weighted by atomic mass is 10.1. The zero-order valence-electron chi connectivity index (χ0n) is 9.36. The summed E-state index contributed by atoms with van der Waals surface area (Å²) in [5.74, 6) is 0.712. The van der Waals surface area contributed by atoms with Crippen LogP contribution in [0.5, 0.6) is 0 Å². The first-order valence-corrected chi connectivity index (χ1v) is 7.00. The molecule has 1 aliphatic heterocycles. The van der Waals surface area contributed by atoms with E-state index in [1.54, 1.807) is 11.3 Å². The Balaban J connectivity index is 1.59. The average molecular weight is 240 g/mol. The molecular weight excluding hydrogens is 223 g/mol. The summed E-state index contributed by atoms with van der Waals surface area (Å²) in [5, 5.41) is 3.46. The van der Waals surface area contributed by atoms with Crippen LogP contribution in [-0.4, -0.2) is 29.1 Å². The highest BCUT2D eigenvalue weighted by Gasteiger charge is 2.27. The van der Waals surface area contributed by atoms with E-state index >= 15 is 0 Å². The largest absolute Gasteiger partial charge is 0.292 e. The first-order chi connectivity index (χ1) is 7.81. The molecule has 2 nitrogen and oxygen atoms in total. The van der Waals surface area contributed by atoms with Crippen molar-refractivity contribution in [3.8, 4) is 0 Å². The molecule has 0 bridgehead atoms. The molecule has 0 unspecified atom stereocenters. The van der Waals surface area contributed by atoms with E-state index in [4.69, 9.17) is 4.98 Å². The summed E-state index contributed by atoms with van der Waals surface area (Å²) in [7, 11) is 0. The van der Waals surface area contributed by atoms with Gasteiger partial charge in [-0.25, -0.2) is 9.37 Å². The molecule has 1 saturated heterocycles. The molecule has 3 rings (SSSR count). The minimum atomic E-state index is -0.604. The van der Waals surface area contributed by atoms with Gasteiger partial charge in [-0.1, -0.05) is 12.8 Å². The zero-order valence-corrected chi connectivity index (χ0v) is 10.2. The smallest absolute Gasteiger partial charge is 0.125 e. The van der Waals surface area contributed by atoms with E-state index in [2.05, 4.69) is 10.3 Å².